The summed E-state index contributed by atoms with van der Waals surface area (Å²) in [5.41, 5.74) is -0.00396. The molecule has 1 N–H and O–H groups in total. The number of hydrogen-bond donors (Lipinski definition) is 1. The van der Waals surface area contributed by atoms with Gasteiger partial charge in [0.1, 0.15) is 0 Å². The standard InChI is InChI=1S/C16H33NO/c1-6-16(5,18-8-3)15(17-7-2)14-11-9-13(4)10-12-14/h13-15,17H,6-12H2,1-5H3. The van der Waals surface area contributed by atoms with Crippen molar-refractivity contribution in [3.05, 3.63) is 0 Å². The van der Waals surface area contributed by atoms with E-state index < -0.39 is 0 Å². The van der Waals surface area contributed by atoms with Gasteiger partial charge in [-0.2, -0.15) is 0 Å². The maximum Gasteiger partial charge on any atom is 0.0806 e. The Balaban J connectivity index is 2.73. The molecule has 2 nitrogen and oxygen atoms in total. The van der Waals surface area contributed by atoms with Crippen LogP contribution in [0.5, 0.6) is 0 Å². The summed E-state index contributed by atoms with van der Waals surface area (Å²) in [4.78, 5) is 0. The van der Waals surface area contributed by atoms with Crippen molar-refractivity contribution in [1.29, 1.82) is 0 Å². The van der Waals surface area contributed by atoms with Crippen LogP contribution in [0.3, 0.4) is 0 Å². The smallest absolute Gasteiger partial charge is 0.0806 e. The van der Waals surface area contributed by atoms with Crippen molar-refractivity contribution in [2.24, 2.45) is 11.8 Å². The molecule has 0 aromatic rings. The number of nitrogens with one attached hydrogen (secondary N) is 1. The van der Waals surface area contributed by atoms with E-state index in [0.717, 1.165) is 31.4 Å². The van der Waals surface area contributed by atoms with Gasteiger partial charge in [-0.25, -0.2) is 0 Å². The lowest BCUT2D eigenvalue weighted by atomic mass is 9.73. The lowest BCUT2D eigenvalue weighted by Crippen LogP contribution is -2.55. The summed E-state index contributed by atoms with van der Waals surface area (Å²) in [6.45, 7) is 13.1. The van der Waals surface area contributed by atoms with Gasteiger partial charge in [0.05, 0.1) is 5.60 Å². The Morgan fingerprint density at radius 3 is 2.22 bits per heavy atom. The van der Waals surface area contributed by atoms with Gasteiger partial charge >= 0.3 is 0 Å². The van der Waals surface area contributed by atoms with Crippen LogP contribution in [0.1, 0.15) is 66.7 Å². The van der Waals surface area contributed by atoms with Gasteiger partial charge in [0.2, 0.25) is 0 Å². The first-order valence-electron chi connectivity index (χ1n) is 7.94. The fraction of sp³-hybridized carbons (Fsp3) is 1.00. The Morgan fingerprint density at radius 1 is 1.17 bits per heavy atom. The van der Waals surface area contributed by atoms with Crippen LogP contribution in [0.15, 0.2) is 0 Å². The van der Waals surface area contributed by atoms with Crippen LogP contribution in [0.25, 0.3) is 0 Å². The molecule has 0 spiro atoms. The van der Waals surface area contributed by atoms with Gasteiger partial charge in [-0.3, -0.25) is 0 Å². The Morgan fingerprint density at radius 2 is 1.78 bits per heavy atom. The quantitative estimate of drug-likeness (QED) is 0.742. The Hall–Kier alpha value is -0.0800. The molecule has 1 aliphatic rings. The van der Waals surface area contributed by atoms with Crippen LogP contribution in [0.4, 0.5) is 0 Å². The summed E-state index contributed by atoms with van der Waals surface area (Å²) in [5, 5.41) is 3.72. The van der Waals surface area contributed by atoms with Crippen molar-refractivity contribution in [1.82, 2.24) is 5.32 Å². The highest BCUT2D eigenvalue weighted by Crippen LogP contribution is 2.36. The number of hydrogen-bond acceptors (Lipinski definition) is 2. The highest BCUT2D eigenvalue weighted by molar-refractivity contribution is 4.94. The summed E-state index contributed by atoms with van der Waals surface area (Å²) in [6.07, 6.45) is 6.59. The summed E-state index contributed by atoms with van der Waals surface area (Å²) in [7, 11) is 0. The van der Waals surface area contributed by atoms with Crippen molar-refractivity contribution in [3.63, 3.8) is 0 Å². The Bertz CT molecular complexity index is 223. The zero-order valence-corrected chi connectivity index (χ0v) is 13.1. The molecule has 0 amide bonds. The molecule has 1 aliphatic carbocycles. The molecular formula is C16H33NO. The molecule has 1 saturated carbocycles. The first-order valence-corrected chi connectivity index (χ1v) is 7.94. The van der Waals surface area contributed by atoms with Crippen LogP contribution in [-0.2, 0) is 4.74 Å². The predicted octanol–water partition coefficient (Wildman–Crippen LogP) is 4.00. The molecule has 108 valence electrons. The third-order valence-corrected chi connectivity index (χ3v) is 4.79. The second-order valence-corrected chi connectivity index (χ2v) is 6.15. The fourth-order valence-electron chi connectivity index (χ4n) is 3.46. The van der Waals surface area contributed by atoms with Crippen LogP contribution in [0.2, 0.25) is 0 Å². The number of ether oxygens (including phenoxy) is 1. The molecule has 2 unspecified atom stereocenters. The van der Waals surface area contributed by atoms with Crippen LogP contribution in [-0.4, -0.2) is 24.8 Å². The maximum atomic E-state index is 6.11. The SMILES string of the molecule is CCNC(C1CCC(C)CC1)C(C)(CC)OCC. The molecular weight excluding hydrogens is 222 g/mol. The average molecular weight is 255 g/mol. The van der Waals surface area contributed by atoms with E-state index in [1.54, 1.807) is 0 Å². The molecule has 0 bridgehead atoms. The monoisotopic (exact) mass is 255 g/mol. The number of rotatable bonds is 7. The number of likely N-dealkylation sites (N-methyl/N-ethyl adjacent to an activating group) is 1. The molecule has 2 heteroatoms. The molecule has 18 heavy (non-hydrogen) atoms. The van der Waals surface area contributed by atoms with E-state index in [2.05, 4.69) is 39.9 Å². The normalized spacial score (nSPS) is 29.8. The van der Waals surface area contributed by atoms with E-state index in [1.165, 1.54) is 25.7 Å². The second-order valence-electron chi connectivity index (χ2n) is 6.15. The van der Waals surface area contributed by atoms with Crippen molar-refractivity contribution in [2.75, 3.05) is 13.2 Å². The minimum Gasteiger partial charge on any atom is -0.374 e. The summed E-state index contributed by atoms with van der Waals surface area (Å²) < 4.78 is 6.11. The minimum absolute atomic E-state index is 0.00396. The van der Waals surface area contributed by atoms with Gasteiger partial charge in [-0.05, 0) is 51.5 Å². The Kier molecular flexibility index (Phi) is 6.65. The first-order chi connectivity index (χ1) is 8.57. The molecule has 0 aromatic carbocycles. The molecule has 0 heterocycles. The van der Waals surface area contributed by atoms with E-state index in [9.17, 15) is 0 Å². The lowest BCUT2D eigenvalue weighted by molar-refractivity contribution is -0.0737. The van der Waals surface area contributed by atoms with E-state index >= 15 is 0 Å². The zero-order valence-electron chi connectivity index (χ0n) is 13.1. The van der Waals surface area contributed by atoms with Crippen molar-refractivity contribution in [2.45, 2.75) is 78.4 Å². The molecule has 1 rings (SSSR count). The van der Waals surface area contributed by atoms with E-state index in [4.69, 9.17) is 4.74 Å². The van der Waals surface area contributed by atoms with Crippen molar-refractivity contribution >= 4 is 0 Å². The van der Waals surface area contributed by atoms with Gasteiger partial charge in [-0.15, -0.1) is 0 Å². The summed E-state index contributed by atoms with van der Waals surface area (Å²) in [6, 6.07) is 0.514. The highest BCUT2D eigenvalue weighted by atomic mass is 16.5. The van der Waals surface area contributed by atoms with E-state index in [-0.39, 0.29) is 5.60 Å². The second kappa shape index (κ2) is 7.49. The molecule has 0 aromatic heterocycles. The van der Waals surface area contributed by atoms with Crippen LogP contribution < -0.4 is 5.32 Å². The summed E-state index contributed by atoms with van der Waals surface area (Å²) >= 11 is 0. The Labute approximate surface area is 114 Å². The molecule has 1 fully saturated rings. The third kappa shape index (κ3) is 3.96. The predicted molar refractivity (Wildman–Crippen MR) is 78.9 cm³/mol. The van der Waals surface area contributed by atoms with E-state index in [1.807, 2.05) is 0 Å². The van der Waals surface area contributed by atoms with Gasteiger partial charge < -0.3 is 10.1 Å². The van der Waals surface area contributed by atoms with Gasteiger partial charge in [0, 0.05) is 12.6 Å². The van der Waals surface area contributed by atoms with Crippen LogP contribution >= 0.6 is 0 Å². The van der Waals surface area contributed by atoms with Gasteiger partial charge in [0.25, 0.3) is 0 Å². The lowest BCUT2D eigenvalue weighted by Gasteiger charge is -2.44. The van der Waals surface area contributed by atoms with Crippen molar-refractivity contribution < 1.29 is 4.74 Å². The maximum absolute atomic E-state index is 6.11. The largest absolute Gasteiger partial charge is 0.374 e. The first kappa shape index (κ1) is 16.0. The fourth-order valence-corrected chi connectivity index (χ4v) is 3.46. The summed E-state index contributed by atoms with van der Waals surface area (Å²) in [5.74, 6) is 1.71. The van der Waals surface area contributed by atoms with E-state index in [0.29, 0.717) is 6.04 Å². The average Bonchev–Trinajstić information content (AvgIpc) is 2.37. The highest BCUT2D eigenvalue weighted by Gasteiger charge is 2.39. The van der Waals surface area contributed by atoms with Gasteiger partial charge in [-0.1, -0.05) is 33.6 Å². The molecule has 0 saturated heterocycles. The minimum atomic E-state index is -0.00396. The third-order valence-electron chi connectivity index (χ3n) is 4.79. The van der Waals surface area contributed by atoms with Crippen molar-refractivity contribution in [3.8, 4) is 0 Å². The topological polar surface area (TPSA) is 21.3 Å². The molecule has 2 atom stereocenters. The van der Waals surface area contributed by atoms with Gasteiger partial charge in [0.15, 0.2) is 0 Å². The zero-order chi connectivity index (χ0) is 13.6. The molecule has 0 radical (unpaired) electrons. The molecule has 0 aliphatic heterocycles. The van der Waals surface area contributed by atoms with Crippen LogP contribution in [0, 0.1) is 11.8 Å².